The van der Waals surface area contributed by atoms with Crippen LogP contribution in [0.1, 0.15) is 43.6 Å². The number of nitrogens with two attached hydrogens (primary N) is 1. The Morgan fingerprint density at radius 3 is 2.15 bits per heavy atom. The fourth-order valence-electron chi connectivity index (χ4n) is 2.11. The Bertz CT molecular complexity index is 556. The number of carbonyl (C=O) groups excluding carboxylic acids is 1. The molecule has 108 valence electrons. The second-order valence-electron chi connectivity index (χ2n) is 6.14. The molecule has 1 heterocycles. The summed E-state index contributed by atoms with van der Waals surface area (Å²) in [6, 6.07) is 2.69. The maximum atomic E-state index is 13.9. The Balaban J connectivity index is 2.41. The first-order valence-electron chi connectivity index (χ1n) is 6.50. The molecule has 0 unspecified atom stereocenters. The van der Waals surface area contributed by atoms with E-state index in [2.05, 4.69) is 0 Å². The van der Waals surface area contributed by atoms with Gasteiger partial charge >= 0.3 is 7.12 Å². The van der Waals surface area contributed by atoms with Gasteiger partial charge in [0.2, 0.25) is 0 Å². The van der Waals surface area contributed by atoms with E-state index in [9.17, 15) is 9.18 Å². The summed E-state index contributed by atoms with van der Waals surface area (Å²) in [5.41, 5.74) is 5.30. The normalized spacial score (nSPS) is 20.2. The van der Waals surface area contributed by atoms with E-state index in [1.54, 1.807) is 6.92 Å². The van der Waals surface area contributed by atoms with Gasteiger partial charge in [0.05, 0.1) is 16.8 Å². The highest BCUT2D eigenvalue weighted by Crippen LogP contribution is 2.36. The van der Waals surface area contributed by atoms with E-state index >= 15 is 0 Å². The molecule has 0 bridgehead atoms. The van der Waals surface area contributed by atoms with Crippen LogP contribution in [-0.2, 0) is 9.31 Å². The summed E-state index contributed by atoms with van der Waals surface area (Å²) in [6.45, 7) is 9.48. The van der Waals surface area contributed by atoms with Gasteiger partial charge in [0.15, 0.2) is 0 Å². The second-order valence-corrected chi connectivity index (χ2v) is 6.14. The van der Waals surface area contributed by atoms with Crippen LogP contribution >= 0.6 is 0 Å². The molecule has 6 heteroatoms. The highest BCUT2D eigenvalue weighted by molar-refractivity contribution is 6.62. The average molecular weight is 279 g/mol. The van der Waals surface area contributed by atoms with Gasteiger partial charge in [-0.05, 0) is 52.2 Å². The van der Waals surface area contributed by atoms with Gasteiger partial charge in [-0.2, -0.15) is 0 Å². The van der Waals surface area contributed by atoms with Crippen LogP contribution in [0.4, 0.5) is 4.39 Å². The molecule has 1 fully saturated rings. The van der Waals surface area contributed by atoms with Gasteiger partial charge in [-0.15, -0.1) is 0 Å². The summed E-state index contributed by atoms with van der Waals surface area (Å²) >= 11 is 0. The summed E-state index contributed by atoms with van der Waals surface area (Å²) in [4.78, 5) is 11.1. The molecule has 0 saturated carbocycles. The third-order valence-electron chi connectivity index (χ3n) is 4.13. The van der Waals surface area contributed by atoms with Gasteiger partial charge in [0.25, 0.3) is 5.91 Å². The maximum Gasteiger partial charge on any atom is 0.495 e. The molecule has 1 aromatic rings. The number of carbonyl (C=O) groups is 1. The first kappa shape index (κ1) is 15.0. The third kappa shape index (κ3) is 2.34. The first-order valence-corrected chi connectivity index (χ1v) is 6.50. The smallest absolute Gasteiger partial charge is 0.399 e. The van der Waals surface area contributed by atoms with Gasteiger partial charge in [-0.3, -0.25) is 4.79 Å². The van der Waals surface area contributed by atoms with Crippen molar-refractivity contribution in [1.82, 2.24) is 0 Å². The Hall–Kier alpha value is -1.40. The van der Waals surface area contributed by atoms with E-state index in [1.165, 1.54) is 12.1 Å². The molecule has 2 rings (SSSR count). The molecular weight excluding hydrogens is 260 g/mol. The van der Waals surface area contributed by atoms with Crippen LogP contribution in [0.5, 0.6) is 0 Å². The number of hydrogen-bond acceptors (Lipinski definition) is 3. The van der Waals surface area contributed by atoms with Crippen LogP contribution in [0.15, 0.2) is 12.1 Å². The summed E-state index contributed by atoms with van der Waals surface area (Å²) in [5.74, 6) is -1.45. The predicted octanol–water partition coefficient (Wildman–Crippen LogP) is 1.53. The molecule has 2 N–H and O–H groups in total. The highest BCUT2D eigenvalue weighted by Gasteiger charge is 2.52. The fourth-order valence-corrected chi connectivity index (χ4v) is 2.11. The monoisotopic (exact) mass is 279 g/mol. The predicted molar refractivity (Wildman–Crippen MR) is 75.4 cm³/mol. The summed E-state index contributed by atoms with van der Waals surface area (Å²) < 4.78 is 25.7. The SMILES string of the molecule is Cc1cc(C(N)=O)c(F)cc1B1OC(C)(C)C(C)(C)O1. The molecule has 0 spiro atoms. The number of rotatable bonds is 2. The van der Waals surface area contributed by atoms with Crippen LogP contribution in [0.2, 0.25) is 0 Å². The van der Waals surface area contributed by atoms with Crippen LogP contribution in [0, 0.1) is 12.7 Å². The standard InChI is InChI=1S/C14H19BFNO3/c1-8-6-9(12(17)18)11(16)7-10(8)15-19-13(2,3)14(4,5)20-15/h6-7H,1-5H3,(H2,17,18). The van der Waals surface area contributed by atoms with E-state index < -0.39 is 30.0 Å². The van der Waals surface area contributed by atoms with E-state index in [1.807, 2.05) is 27.7 Å². The van der Waals surface area contributed by atoms with Crippen molar-refractivity contribution in [3.8, 4) is 0 Å². The van der Waals surface area contributed by atoms with Crippen molar-refractivity contribution >= 4 is 18.5 Å². The lowest BCUT2D eigenvalue weighted by atomic mass is 9.75. The van der Waals surface area contributed by atoms with Crippen LogP contribution < -0.4 is 11.2 Å². The Morgan fingerprint density at radius 2 is 1.70 bits per heavy atom. The van der Waals surface area contributed by atoms with E-state index in [4.69, 9.17) is 15.0 Å². The molecule has 4 nitrogen and oxygen atoms in total. The number of benzene rings is 1. The molecule has 20 heavy (non-hydrogen) atoms. The number of aryl methyl sites for hydroxylation is 1. The molecule has 0 radical (unpaired) electrons. The lowest BCUT2D eigenvalue weighted by molar-refractivity contribution is 0.00578. The highest BCUT2D eigenvalue weighted by atomic mass is 19.1. The number of hydrogen-bond donors (Lipinski definition) is 1. The molecule has 1 amide bonds. The Kier molecular flexibility index (Phi) is 3.43. The van der Waals surface area contributed by atoms with Crippen LogP contribution in [0.25, 0.3) is 0 Å². The van der Waals surface area contributed by atoms with Gasteiger partial charge in [0, 0.05) is 0 Å². The van der Waals surface area contributed by atoms with Crippen molar-refractivity contribution < 1.29 is 18.5 Å². The van der Waals surface area contributed by atoms with Gasteiger partial charge in [-0.1, -0.05) is 5.56 Å². The molecule has 1 saturated heterocycles. The quantitative estimate of drug-likeness (QED) is 0.835. The Labute approximate surface area is 118 Å². The molecule has 1 aliphatic rings. The zero-order chi connectivity index (χ0) is 15.3. The maximum absolute atomic E-state index is 13.9. The fraction of sp³-hybridized carbons (Fsp3) is 0.500. The van der Waals surface area contributed by atoms with Crippen molar-refractivity contribution in [2.75, 3.05) is 0 Å². The van der Waals surface area contributed by atoms with Crippen LogP contribution in [-0.4, -0.2) is 24.2 Å². The van der Waals surface area contributed by atoms with Gasteiger partial charge in [-0.25, -0.2) is 4.39 Å². The van der Waals surface area contributed by atoms with Crippen molar-refractivity contribution in [1.29, 1.82) is 0 Å². The molecule has 0 aliphatic carbocycles. The van der Waals surface area contributed by atoms with E-state index in [0.29, 0.717) is 11.0 Å². The Morgan fingerprint density at radius 1 is 1.20 bits per heavy atom. The van der Waals surface area contributed by atoms with Crippen molar-refractivity contribution in [2.45, 2.75) is 45.8 Å². The molecule has 1 aromatic carbocycles. The largest absolute Gasteiger partial charge is 0.495 e. The van der Waals surface area contributed by atoms with Crippen molar-refractivity contribution in [2.24, 2.45) is 5.73 Å². The third-order valence-corrected chi connectivity index (χ3v) is 4.13. The zero-order valence-electron chi connectivity index (χ0n) is 12.4. The molecule has 0 atom stereocenters. The van der Waals surface area contributed by atoms with E-state index in [-0.39, 0.29) is 5.56 Å². The number of halogens is 1. The van der Waals surface area contributed by atoms with Crippen molar-refractivity contribution in [3.63, 3.8) is 0 Å². The van der Waals surface area contributed by atoms with E-state index in [0.717, 1.165) is 0 Å². The topological polar surface area (TPSA) is 61.6 Å². The minimum atomic E-state index is -0.786. The summed E-state index contributed by atoms with van der Waals surface area (Å²) in [5, 5.41) is 0. The molecular formula is C14H19BFNO3. The lowest BCUT2D eigenvalue weighted by Crippen LogP contribution is -2.41. The molecule has 1 aliphatic heterocycles. The lowest BCUT2D eigenvalue weighted by Gasteiger charge is -2.32. The van der Waals surface area contributed by atoms with Gasteiger partial charge < -0.3 is 15.0 Å². The summed E-state index contributed by atoms with van der Waals surface area (Å²) in [6.07, 6.45) is 0. The second kappa shape index (κ2) is 4.57. The van der Waals surface area contributed by atoms with Crippen molar-refractivity contribution in [3.05, 3.63) is 29.1 Å². The van der Waals surface area contributed by atoms with Gasteiger partial charge in [0.1, 0.15) is 5.82 Å². The minimum absolute atomic E-state index is 0.122. The molecule has 0 aromatic heterocycles. The summed E-state index contributed by atoms with van der Waals surface area (Å²) in [7, 11) is -0.656. The first-order chi connectivity index (χ1) is 9.05. The minimum Gasteiger partial charge on any atom is -0.399 e. The average Bonchev–Trinajstić information content (AvgIpc) is 2.50. The zero-order valence-corrected chi connectivity index (χ0v) is 12.4. The number of primary amides is 1. The van der Waals surface area contributed by atoms with Crippen LogP contribution in [0.3, 0.4) is 0 Å². The number of amides is 1.